The van der Waals surface area contributed by atoms with Gasteiger partial charge in [0.1, 0.15) is 0 Å². The standard InChI is InChI=1S/C13H26N2O/c1-4-12-8-13(16)15(10-12)7-5-6-14-9-11(2)3/h11-12,14H,4-10H2,1-3H3. The third-order valence-corrected chi connectivity index (χ3v) is 3.21. The lowest BCUT2D eigenvalue weighted by Crippen LogP contribution is -2.29. The molecule has 1 aliphatic heterocycles. The molecule has 1 unspecified atom stereocenters. The van der Waals surface area contributed by atoms with Gasteiger partial charge in [-0.05, 0) is 31.3 Å². The number of carbonyl (C=O) groups is 1. The molecule has 1 aliphatic rings. The summed E-state index contributed by atoms with van der Waals surface area (Å²) in [5, 5.41) is 3.41. The Kier molecular flexibility index (Phi) is 5.81. The molecule has 16 heavy (non-hydrogen) atoms. The van der Waals surface area contributed by atoms with E-state index in [1.807, 2.05) is 4.90 Å². The molecule has 0 aromatic heterocycles. The minimum atomic E-state index is 0.357. The predicted molar refractivity (Wildman–Crippen MR) is 67.3 cm³/mol. The largest absolute Gasteiger partial charge is 0.342 e. The first-order chi connectivity index (χ1) is 7.63. The van der Waals surface area contributed by atoms with Crippen molar-refractivity contribution in [2.75, 3.05) is 26.2 Å². The van der Waals surface area contributed by atoms with E-state index in [1.54, 1.807) is 0 Å². The Morgan fingerprint density at radius 2 is 2.25 bits per heavy atom. The summed E-state index contributed by atoms with van der Waals surface area (Å²) in [6, 6.07) is 0. The smallest absolute Gasteiger partial charge is 0.222 e. The normalized spacial score (nSPS) is 21.1. The zero-order valence-electron chi connectivity index (χ0n) is 11.0. The predicted octanol–water partition coefficient (Wildman–Crippen LogP) is 1.88. The quantitative estimate of drug-likeness (QED) is 0.672. The topological polar surface area (TPSA) is 32.3 Å². The van der Waals surface area contributed by atoms with Crippen molar-refractivity contribution in [1.82, 2.24) is 10.2 Å². The average Bonchev–Trinajstić information content (AvgIpc) is 2.59. The van der Waals surface area contributed by atoms with E-state index in [4.69, 9.17) is 0 Å². The molecule has 1 amide bonds. The van der Waals surface area contributed by atoms with Crippen molar-refractivity contribution in [3.63, 3.8) is 0 Å². The lowest BCUT2D eigenvalue weighted by molar-refractivity contribution is -0.127. The van der Waals surface area contributed by atoms with Crippen molar-refractivity contribution in [3.8, 4) is 0 Å². The molecule has 0 aromatic carbocycles. The first-order valence-corrected chi connectivity index (χ1v) is 6.62. The molecule has 0 radical (unpaired) electrons. The highest BCUT2D eigenvalue weighted by molar-refractivity contribution is 5.78. The number of hydrogen-bond acceptors (Lipinski definition) is 2. The van der Waals surface area contributed by atoms with Gasteiger partial charge in [0.05, 0.1) is 0 Å². The second-order valence-corrected chi connectivity index (χ2v) is 5.27. The molecule has 1 fully saturated rings. The Bertz CT molecular complexity index is 216. The van der Waals surface area contributed by atoms with Crippen molar-refractivity contribution in [2.24, 2.45) is 11.8 Å². The summed E-state index contributed by atoms with van der Waals surface area (Å²) >= 11 is 0. The molecule has 3 nitrogen and oxygen atoms in total. The lowest BCUT2D eigenvalue weighted by atomic mass is 10.1. The second kappa shape index (κ2) is 6.89. The maximum absolute atomic E-state index is 11.6. The highest BCUT2D eigenvalue weighted by Crippen LogP contribution is 2.20. The molecule has 1 saturated heterocycles. The zero-order valence-corrected chi connectivity index (χ0v) is 11.0. The minimum absolute atomic E-state index is 0.357. The second-order valence-electron chi connectivity index (χ2n) is 5.27. The number of nitrogens with zero attached hydrogens (tertiary/aromatic N) is 1. The van der Waals surface area contributed by atoms with Crippen molar-refractivity contribution < 1.29 is 4.79 Å². The Morgan fingerprint density at radius 3 is 2.81 bits per heavy atom. The van der Waals surface area contributed by atoms with Gasteiger partial charge in [0.25, 0.3) is 0 Å². The molecule has 0 aliphatic carbocycles. The molecule has 0 saturated carbocycles. The molecule has 1 rings (SSSR count). The average molecular weight is 226 g/mol. The van der Waals surface area contributed by atoms with Gasteiger partial charge < -0.3 is 10.2 Å². The Balaban J connectivity index is 2.07. The molecule has 1 N–H and O–H groups in total. The van der Waals surface area contributed by atoms with Gasteiger partial charge in [0.2, 0.25) is 5.91 Å². The van der Waals surface area contributed by atoms with Crippen LogP contribution in [0.1, 0.15) is 40.0 Å². The van der Waals surface area contributed by atoms with Crippen molar-refractivity contribution in [3.05, 3.63) is 0 Å². The molecule has 94 valence electrons. The minimum Gasteiger partial charge on any atom is -0.342 e. The Hall–Kier alpha value is -0.570. The fourth-order valence-corrected chi connectivity index (χ4v) is 2.13. The van der Waals surface area contributed by atoms with E-state index < -0.39 is 0 Å². The van der Waals surface area contributed by atoms with Gasteiger partial charge in [-0.25, -0.2) is 0 Å². The highest BCUT2D eigenvalue weighted by atomic mass is 16.2. The van der Waals surface area contributed by atoms with E-state index in [0.717, 1.165) is 45.4 Å². The summed E-state index contributed by atoms with van der Waals surface area (Å²) in [7, 11) is 0. The maximum Gasteiger partial charge on any atom is 0.222 e. The molecular formula is C13H26N2O. The van der Waals surface area contributed by atoms with Crippen LogP contribution in [0.4, 0.5) is 0 Å². The third kappa shape index (κ3) is 4.52. The molecule has 1 heterocycles. The third-order valence-electron chi connectivity index (χ3n) is 3.21. The monoisotopic (exact) mass is 226 g/mol. The number of carbonyl (C=O) groups excluding carboxylic acids is 1. The molecular weight excluding hydrogens is 200 g/mol. The first-order valence-electron chi connectivity index (χ1n) is 6.62. The van der Waals surface area contributed by atoms with Gasteiger partial charge in [-0.1, -0.05) is 27.2 Å². The number of rotatable bonds is 7. The van der Waals surface area contributed by atoms with Gasteiger partial charge in [0, 0.05) is 19.5 Å². The fourth-order valence-electron chi connectivity index (χ4n) is 2.13. The summed E-state index contributed by atoms with van der Waals surface area (Å²) in [5.74, 6) is 1.67. The van der Waals surface area contributed by atoms with Crippen LogP contribution in [-0.4, -0.2) is 37.0 Å². The van der Waals surface area contributed by atoms with Crippen LogP contribution in [0.15, 0.2) is 0 Å². The number of amides is 1. The number of hydrogen-bond donors (Lipinski definition) is 1. The van der Waals surface area contributed by atoms with Crippen molar-refractivity contribution in [1.29, 1.82) is 0 Å². The van der Waals surface area contributed by atoms with Crippen LogP contribution in [0.5, 0.6) is 0 Å². The number of likely N-dealkylation sites (tertiary alicyclic amines) is 1. The van der Waals surface area contributed by atoms with Crippen LogP contribution in [-0.2, 0) is 4.79 Å². The summed E-state index contributed by atoms with van der Waals surface area (Å²) in [4.78, 5) is 13.7. The van der Waals surface area contributed by atoms with E-state index in [-0.39, 0.29) is 0 Å². The van der Waals surface area contributed by atoms with Gasteiger partial charge >= 0.3 is 0 Å². The molecule has 0 aromatic rings. The van der Waals surface area contributed by atoms with Gasteiger partial charge in [-0.15, -0.1) is 0 Å². The van der Waals surface area contributed by atoms with Crippen molar-refractivity contribution >= 4 is 5.91 Å². The summed E-state index contributed by atoms with van der Waals surface area (Å²) in [5.41, 5.74) is 0. The first kappa shape index (κ1) is 13.5. The molecule has 0 bridgehead atoms. The maximum atomic E-state index is 11.6. The summed E-state index contributed by atoms with van der Waals surface area (Å²) in [6.45, 7) is 10.6. The Labute approximate surface area is 99.6 Å². The Morgan fingerprint density at radius 1 is 1.50 bits per heavy atom. The molecule has 3 heteroatoms. The number of nitrogens with one attached hydrogen (secondary N) is 1. The lowest BCUT2D eigenvalue weighted by Gasteiger charge is -2.16. The zero-order chi connectivity index (χ0) is 12.0. The summed E-state index contributed by atoms with van der Waals surface area (Å²) in [6.07, 6.45) is 2.98. The van der Waals surface area contributed by atoms with E-state index >= 15 is 0 Å². The van der Waals surface area contributed by atoms with E-state index in [9.17, 15) is 4.79 Å². The van der Waals surface area contributed by atoms with E-state index in [2.05, 4.69) is 26.1 Å². The summed E-state index contributed by atoms with van der Waals surface area (Å²) < 4.78 is 0. The van der Waals surface area contributed by atoms with Crippen LogP contribution in [0, 0.1) is 11.8 Å². The van der Waals surface area contributed by atoms with Crippen LogP contribution in [0.3, 0.4) is 0 Å². The van der Waals surface area contributed by atoms with Crippen molar-refractivity contribution in [2.45, 2.75) is 40.0 Å². The van der Waals surface area contributed by atoms with Crippen LogP contribution in [0.2, 0.25) is 0 Å². The highest BCUT2D eigenvalue weighted by Gasteiger charge is 2.27. The molecule has 0 spiro atoms. The molecule has 1 atom stereocenters. The van der Waals surface area contributed by atoms with Gasteiger partial charge in [-0.3, -0.25) is 4.79 Å². The van der Waals surface area contributed by atoms with Crippen LogP contribution >= 0.6 is 0 Å². The van der Waals surface area contributed by atoms with Crippen LogP contribution < -0.4 is 5.32 Å². The van der Waals surface area contributed by atoms with Gasteiger partial charge in [-0.2, -0.15) is 0 Å². The van der Waals surface area contributed by atoms with Gasteiger partial charge in [0.15, 0.2) is 0 Å². The van der Waals surface area contributed by atoms with E-state index in [1.165, 1.54) is 0 Å². The fraction of sp³-hybridized carbons (Fsp3) is 0.923. The van der Waals surface area contributed by atoms with Crippen LogP contribution in [0.25, 0.3) is 0 Å². The van der Waals surface area contributed by atoms with E-state index in [0.29, 0.717) is 17.7 Å². The SMILES string of the molecule is CCC1CC(=O)N(CCCNCC(C)C)C1.